The third-order valence-corrected chi connectivity index (χ3v) is 8.97. The minimum atomic E-state index is -1.05. The molecule has 0 aromatic heterocycles. The predicted molar refractivity (Wildman–Crippen MR) is 106 cm³/mol. The van der Waals surface area contributed by atoms with Crippen LogP contribution in [0, 0.1) is 28.6 Å². The third kappa shape index (κ3) is 2.45. The SMILES string of the molecule is C=C1C[C@@H]2[C@H](CC[C@@]3(C)[C@H]2CCC(=O)[C@@]3(C)OC(C)=O)[C@@]2(C)CCC(=O)C=C12. The summed E-state index contributed by atoms with van der Waals surface area (Å²) in [5.41, 5.74) is 0.856. The number of hydrogen-bond acceptors (Lipinski definition) is 4. The molecule has 0 bridgehead atoms. The van der Waals surface area contributed by atoms with Gasteiger partial charge in [-0.05, 0) is 73.8 Å². The fourth-order valence-corrected chi connectivity index (χ4v) is 7.31. The van der Waals surface area contributed by atoms with Crippen LogP contribution in [0.4, 0.5) is 0 Å². The lowest BCUT2D eigenvalue weighted by Gasteiger charge is -2.63. The van der Waals surface area contributed by atoms with E-state index in [2.05, 4.69) is 20.4 Å². The Morgan fingerprint density at radius 1 is 1.11 bits per heavy atom. The molecule has 0 saturated heterocycles. The average Bonchev–Trinajstić information content (AvgIpc) is 2.60. The summed E-state index contributed by atoms with van der Waals surface area (Å²) >= 11 is 0. The van der Waals surface area contributed by atoms with E-state index in [9.17, 15) is 14.4 Å². The van der Waals surface area contributed by atoms with Gasteiger partial charge in [-0.2, -0.15) is 0 Å². The second-order valence-electron chi connectivity index (χ2n) is 10.2. The number of ether oxygens (including phenoxy) is 1. The summed E-state index contributed by atoms with van der Waals surface area (Å²) < 4.78 is 5.75. The molecule has 4 nitrogen and oxygen atoms in total. The second kappa shape index (κ2) is 6.14. The summed E-state index contributed by atoms with van der Waals surface area (Å²) in [6, 6.07) is 0. The first-order valence-corrected chi connectivity index (χ1v) is 10.7. The summed E-state index contributed by atoms with van der Waals surface area (Å²) in [4.78, 5) is 36.8. The average molecular weight is 385 g/mol. The quantitative estimate of drug-likeness (QED) is 0.621. The Morgan fingerprint density at radius 3 is 2.50 bits per heavy atom. The van der Waals surface area contributed by atoms with Gasteiger partial charge in [-0.15, -0.1) is 0 Å². The van der Waals surface area contributed by atoms with E-state index in [-0.39, 0.29) is 28.4 Å². The third-order valence-electron chi connectivity index (χ3n) is 8.97. The van der Waals surface area contributed by atoms with Crippen LogP contribution in [0.3, 0.4) is 0 Å². The van der Waals surface area contributed by atoms with Crippen LogP contribution in [0.25, 0.3) is 0 Å². The van der Waals surface area contributed by atoms with Gasteiger partial charge in [-0.25, -0.2) is 0 Å². The number of allylic oxidation sites excluding steroid dienone is 3. The highest BCUT2D eigenvalue weighted by atomic mass is 16.6. The van der Waals surface area contributed by atoms with Crippen LogP contribution in [-0.2, 0) is 19.1 Å². The normalized spacial score (nSPS) is 45.5. The molecule has 0 aliphatic heterocycles. The molecule has 152 valence electrons. The molecule has 28 heavy (non-hydrogen) atoms. The molecule has 0 unspecified atom stereocenters. The summed E-state index contributed by atoms with van der Waals surface area (Å²) in [5, 5.41) is 0. The Morgan fingerprint density at radius 2 is 1.82 bits per heavy atom. The van der Waals surface area contributed by atoms with Crippen LogP contribution in [0.5, 0.6) is 0 Å². The van der Waals surface area contributed by atoms with Gasteiger partial charge in [0.25, 0.3) is 0 Å². The predicted octanol–water partition coefficient (Wildman–Crippen LogP) is 4.58. The van der Waals surface area contributed by atoms with Crippen LogP contribution < -0.4 is 0 Å². The van der Waals surface area contributed by atoms with Crippen molar-refractivity contribution in [2.45, 2.75) is 78.2 Å². The smallest absolute Gasteiger partial charge is 0.303 e. The van der Waals surface area contributed by atoms with E-state index >= 15 is 0 Å². The van der Waals surface area contributed by atoms with E-state index in [1.54, 1.807) is 0 Å². The van der Waals surface area contributed by atoms with Crippen molar-refractivity contribution >= 4 is 17.5 Å². The number of carbonyl (C=O) groups is 3. The molecule has 3 saturated carbocycles. The van der Waals surface area contributed by atoms with Crippen molar-refractivity contribution in [3.05, 3.63) is 23.8 Å². The molecule has 4 heteroatoms. The van der Waals surface area contributed by atoms with Crippen LogP contribution >= 0.6 is 0 Å². The minimum Gasteiger partial charge on any atom is -0.451 e. The van der Waals surface area contributed by atoms with Crippen molar-refractivity contribution < 1.29 is 19.1 Å². The monoisotopic (exact) mass is 384 g/mol. The molecule has 0 heterocycles. The van der Waals surface area contributed by atoms with E-state index in [1.165, 1.54) is 12.5 Å². The maximum atomic E-state index is 12.9. The molecule has 0 aromatic rings. The number of esters is 1. The Hall–Kier alpha value is -1.71. The highest BCUT2D eigenvalue weighted by Crippen LogP contribution is 2.66. The fourth-order valence-electron chi connectivity index (χ4n) is 7.31. The first-order valence-electron chi connectivity index (χ1n) is 10.7. The van der Waals surface area contributed by atoms with E-state index in [4.69, 9.17) is 4.74 Å². The maximum absolute atomic E-state index is 12.9. The number of hydrogen-bond donors (Lipinski definition) is 0. The highest BCUT2D eigenvalue weighted by Gasteiger charge is 2.65. The van der Waals surface area contributed by atoms with E-state index < -0.39 is 5.60 Å². The lowest BCUT2D eigenvalue weighted by atomic mass is 9.42. The first kappa shape index (κ1) is 19.6. The number of Topliss-reactive ketones (excluding diaryl/α,β-unsaturated/α-hetero) is 1. The highest BCUT2D eigenvalue weighted by molar-refractivity contribution is 5.93. The van der Waals surface area contributed by atoms with Gasteiger partial charge in [0.2, 0.25) is 0 Å². The molecule has 6 atom stereocenters. The van der Waals surface area contributed by atoms with E-state index in [0.717, 1.165) is 37.7 Å². The molecule has 4 aliphatic carbocycles. The molecule has 0 spiro atoms. The molecule has 0 aromatic carbocycles. The van der Waals surface area contributed by atoms with Gasteiger partial charge in [0.05, 0.1) is 0 Å². The van der Waals surface area contributed by atoms with Gasteiger partial charge in [-0.3, -0.25) is 14.4 Å². The number of carbonyl (C=O) groups excluding carboxylic acids is 3. The van der Waals surface area contributed by atoms with Gasteiger partial charge in [0.15, 0.2) is 17.2 Å². The Balaban J connectivity index is 1.75. The van der Waals surface area contributed by atoms with Gasteiger partial charge in [0.1, 0.15) is 0 Å². The van der Waals surface area contributed by atoms with Crippen molar-refractivity contribution in [2.75, 3.05) is 0 Å². The van der Waals surface area contributed by atoms with Crippen LogP contribution in [0.1, 0.15) is 72.6 Å². The van der Waals surface area contributed by atoms with E-state index in [1.807, 2.05) is 13.0 Å². The minimum absolute atomic E-state index is 0.00543. The standard InChI is InChI=1S/C24H32O4/c1-14-12-17-18(22(3)10-8-16(26)13-20(14)22)9-11-23(4)19(17)6-7-21(27)24(23,5)28-15(2)25/h13,17-19H,1,6-12H2,2-5H3/t17-,18+,19+,22-,23+,24-/m1/s1. The molecule has 4 aliphatic rings. The zero-order chi connectivity index (χ0) is 20.5. The summed E-state index contributed by atoms with van der Waals surface area (Å²) in [5.74, 6) is 1.13. The number of fused-ring (bicyclic) bond motifs is 5. The number of ketones is 2. The van der Waals surface area contributed by atoms with Gasteiger partial charge in [-0.1, -0.05) is 26.0 Å². The fraction of sp³-hybridized carbons (Fsp3) is 0.708. The molecule has 4 rings (SSSR count). The Bertz CT molecular complexity index is 807. The van der Waals surface area contributed by atoms with Crippen molar-refractivity contribution in [1.82, 2.24) is 0 Å². The van der Waals surface area contributed by atoms with E-state index in [0.29, 0.717) is 30.6 Å². The molecule has 0 amide bonds. The lowest BCUT2D eigenvalue weighted by Crippen LogP contribution is -2.64. The Kier molecular flexibility index (Phi) is 4.30. The topological polar surface area (TPSA) is 60.4 Å². The molecule has 0 radical (unpaired) electrons. The molecular formula is C24H32O4. The second-order valence-corrected chi connectivity index (χ2v) is 10.2. The van der Waals surface area contributed by atoms with Crippen molar-refractivity contribution in [3.63, 3.8) is 0 Å². The molecule has 3 fully saturated rings. The van der Waals surface area contributed by atoms with Crippen molar-refractivity contribution in [1.29, 1.82) is 0 Å². The number of rotatable bonds is 1. The zero-order valence-electron chi connectivity index (χ0n) is 17.6. The molecular weight excluding hydrogens is 352 g/mol. The first-order chi connectivity index (χ1) is 13.0. The zero-order valence-corrected chi connectivity index (χ0v) is 17.6. The van der Waals surface area contributed by atoms with Gasteiger partial charge >= 0.3 is 5.97 Å². The van der Waals surface area contributed by atoms with Gasteiger partial charge in [0, 0.05) is 25.2 Å². The van der Waals surface area contributed by atoms with Crippen LogP contribution in [0.2, 0.25) is 0 Å². The van der Waals surface area contributed by atoms with Crippen molar-refractivity contribution in [2.24, 2.45) is 28.6 Å². The van der Waals surface area contributed by atoms with Crippen LogP contribution in [0.15, 0.2) is 23.8 Å². The maximum Gasteiger partial charge on any atom is 0.303 e. The van der Waals surface area contributed by atoms with Crippen molar-refractivity contribution in [3.8, 4) is 0 Å². The summed E-state index contributed by atoms with van der Waals surface area (Å²) in [7, 11) is 0. The summed E-state index contributed by atoms with van der Waals surface area (Å²) in [6.07, 6.45) is 7.43. The van der Waals surface area contributed by atoms with Crippen LogP contribution in [-0.4, -0.2) is 23.1 Å². The van der Waals surface area contributed by atoms with Gasteiger partial charge < -0.3 is 4.74 Å². The lowest BCUT2D eigenvalue weighted by molar-refractivity contribution is -0.206. The molecule has 0 N–H and O–H groups in total. The summed E-state index contributed by atoms with van der Waals surface area (Å²) in [6.45, 7) is 12.1. The Labute approximate surface area is 167 Å². The largest absolute Gasteiger partial charge is 0.451 e.